The zero-order valence-corrected chi connectivity index (χ0v) is 17.0. The van der Waals surface area contributed by atoms with Gasteiger partial charge in [0.1, 0.15) is 5.82 Å². The SMILES string of the molecule is CCCC1(NC(C)=O)CC(C)Cn2c1nc(C(=O)OCC)c(OC(C)=O)c2=O. The molecule has 2 heterocycles. The van der Waals surface area contributed by atoms with Crippen molar-refractivity contribution in [1.82, 2.24) is 14.9 Å². The van der Waals surface area contributed by atoms with Crippen LogP contribution in [0.15, 0.2) is 4.79 Å². The summed E-state index contributed by atoms with van der Waals surface area (Å²) in [6.07, 6.45) is 1.84. The number of nitrogens with zero attached hydrogens (tertiary/aromatic N) is 2. The molecule has 2 unspecified atom stereocenters. The summed E-state index contributed by atoms with van der Waals surface area (Å²) in [6, 6.07) is 0. The Kier molecular flexibility index (Phi) is 6.58. The number of hydrogen-bond acceptors (Lipinski definition) is 7. The first-order chi connectivity index (χ1) is 13.1. The highest BCUT2D eigenvalue weighted by Gasteiger charge is 2.43. The van der Waals surface area contributed by atoms with Gasteiger partial charge in [-0.15, -0.1) is 0 Å². The molecule has 154 valence electrons. The third-order valence-corrected chi connectivity index (χ3v) is 4.55. The Morgan fingerprint density at radius 1 is 1.29 bits per heavy atom. The van der Waals surface area contributed by atoms with Crippen molar-refractivity contribution in [3.63, 3.8) is 0 Å². The van der Waals surface area contributed by atoms with Gasteiger partial charge in [0.05, 0.1) is 12.1 Å². The lowest BCUT2D eigenvalue weighted by Gasteiger charge is -2.41. The monoisotopic (exact) mass is 393 g/mol. The van der Waals surface area contributed by atoms with Crippen molar-refractivity contribution in [2.24, 2.45) is 5.92 Å². The van der Waals surface area contributed by atoms with E-state index in [9.17, 15) is 19.2 Å². The smallest absolute Gasteiger partial charge is 0.361 e. The number of carbonyl (C=O) groups is 3. The van der Waals surface area contributed by atoms with Gasteiger partial charge >= 0.3 is 11.9 Å². The van der Waals surface area contributed by atoms with Gasteiger partial charge in [-0.05, 0) is 25.7 Å². The number of ether oxygens (including phenoxy) is 2. The standard InChI is InChI=1S/C19H27N3O6/c1-6-8-19(21-12(4)23)9-11(3)10-22-16(25)15(28-13(5)24)14(20-18(19)22)17(26)27-7-2/h11H,6-10H2,1-5H3,(H,21,23). The molecule has 1 aromatic heterocycles. The first-order valence-electron chi connectivity index (χ1n) is 9.44. The second-order valence-electron chi connectivity index (χ2n) is 7.17. The Morgan fingerprint density at radius 2 is 1.96 bits per heavy atom. The summed E-state index contributed by atoms with van der Waals surface area (Å²) in [5.41, 5.74) is -1.89. The Hall–Kier alpha value is -2.71. The van der Waals surface area contributed by atoms with Crippen LogP contribution in [0.4, 0.5) is 0 Å². The van der Waals surface area contributed by atoms with E-state index in [4.69, 9.17) is 9.47 Å². The van der Waals surface area contributed by atoms with E-state index in [0.717, 1.165) is 13.3 Å². The van der Waals surface area contributed by atoms with Crippen LogP contribution in [0.5, 0.6) is 5.75 Å². The van der Waals surface area contributed by atoms with Gasteiger partial charge in [0.15, 0.2) is 5.69 Å². The molecule has 0 aliphatic carbocycles. The van der Waals surface area contributed by atoms with Gasteiger partial charge in [-0.1, -0.05) is 20.3 Å². The first kappa shape index (κ1) is 21.6. The van der Waals surface area contributed by atoms with Crippen molar-refractivity contribution in [1.29, 1.82) is 0 Å². The number of hydrogen-bond donors (Lipinski definition) is 1. The molecule has 0 radical (unpaired) electrons. The largest absolute Gasteiger partial charge is 0.461 e. The average molecular weight is 393 g/mol. The van der Waals surface area contributed by atoms with Crippen molar-refractivity contribution in [3.8, 4) is 5.75 Å². The van der Waals surface area contributed by atoms with Gasteiger partial charge in [-0.2, -0.15) is 0 Å². The van der Waals surface area contributed by atoms with Gasteiger partial charge in [-0.25, -0.2) is 9.78 Å². The summed E-state index contributed by atoms with van der Waals surface area (Å²) in [7, 11) is 0. The minimum absolute atomic E-state index is 0.0593. The van der Waals surface area contributed by atoms with E-state index < -0.39 is 28.8 Å². The summed E-state index contributed by atoms with van der Waals surface area (Å²) in [4.78, 5) is 53.4. The fraction of sp³-hybridized carbons (Fsp3) is 0.632. The summed E-state index contributed by atoms with van der Waals surface area (Å²) in [5.74, 6) is -1.96. The molecule has 0 spiro atoms. The highest BCUT2D eigenvalue weighted by molar-refractivity contribution is 5.91. The maximum absolute atomic E-state index is 13.1. The molecule has 0 bridgehead atoms. The van der Waals surface area contributed by atoms with Crippen LogP contribution in [0.3, 0.4) is 0 Å². The molecular weight excluding hydrogens is 366 g/mol. The lowest BCUT2D eigenvalue weighted by atomic mass is 9.80. The van der Waals surface area contributed by atoms with E-state index in [1.54, 1.807) is 6.92 Å². The molecular formula is C19H27N3O6. The predicted octanol–water partition coefficient (Wildman–Crippen LogP) is 1.52. The first-order valence-corrected chi connectivity index (χ1v) is 9.44. The number of nitrogens with one attached hydrogen (secondary N) is 1. The van der Waals surface area contributed by atoms with E-state index in [2.05, 4.69) is 10.3 Å². The molecule has 0 aromatic carbocycles. The van der Waals surface area contributed by atoms with Crippen molar-refractivity contribution < 1.29 is 23.9 Å². The molecule has 9 nitrogen and oxygen atoms in total. The second kappa shape index (κ2) is 8.53. The van der Waals surface area contributed by atoms with E-state index in [1.165, 1.54) is 11.5 Å². The van der Waals surface area contributed by atoms with Gasteiger partial charge < -0.3 is 14.8 Å². The molecule has 1 N–H and O–H groups in total. The van der Waals surface area contributed by atoms with E-state index >= 15 is 0 Å². The molecule has 0 saturated carbocycles. The second-order valence-corrected chi connectivity index (χ2v) is 7.17. The Morgan fingerprint density at radius 3 is 2.50 bits per heavy atom. The van der Waals surface area contributed by atoms with Crippen LogP contribution in [-0.4, -0.2) is 34.0 Å². The number of carbonyl (C=O) groups excluding carboxylic acids is 3. The fourth-order valence-electron chi connectivity index (χ4n) is 3.85. The minimum Gasteiger partial charge on any atom is -0.461 e. The molecule has 2 atom stereocenters. The highest BCUT2D eigenvalue weighted by Crippen LogP contribution is 2.37. The van der Waals surface area contributed by atoms with Crippen molar-refractivity contribution in [2.75, 3.05) is 6.61 Å². The summed E-state index contributed by atoms with van der Waals surface area (Å²) >= 11 is 0. The number of amides is 1. The van der Waals surface area contributed by atoms with Crippen LogP contribution < -0.4 is 15.6 Å². The lowest BCUT2D eigenvalue weighted by molar-refractivity contribution is -0.132. The van der Waals surface area contributed by atoms with Gasteiger partial charge in [-0.3, -0.25) is 19.0 Å². The number of rotatable bonds is 6. The average Bonchev–Trinajstić information content (AvgIpc) is 2.57. The van der Waals surface area contributed by atoms with Crippen LogP contribution in [0.1, 0.15) is 70.2 Å². The van der Waals surface area contributed by atoms with Crippen LogP contribution in [0.2, 0.25) is 0 Å². The van der Waals surface area contributed by atoms with Crippen molar-refractivity contribution >= 4 is 17.8 Å². The van der Waals surface area contributed by atoms with Crippen LogP contribution in [-0.2, 0) is 26.4 Å². The zero-order chi connectivity index (χ0) is 21.1. The molecule has 1 aliphatic heterocycles. The van der Waals surface area contributed by atoms with Crippen molar-refractivity contribution in [2.45, 2.75) is 66.0 Å². The number of aromatic nitrogens is 2. The molecule has 9 heteroatoms. The quantitative estimate of drug-likeness (QED) is 0.728. The number of esters is 2. The van der Waals surface area contributed by atoms with E-state index in [0.29, 0.717) is 19.4 Å². The maximum atomic E-state index is 13.1. The van der Waals surface area contributed by atoms with E-state index in [-0.39, 0.29) is 30.0 Å². The topological polar surface area (TPSA) is 117 Å². The molecule has 1 amide bonds. The lowest BCUT2D eigenvalue weighted by Crippen LogP contribution is -2.54. The minimum atomic E-state index is -0.895. The zero-order valence-electron chi connectivity index (χ0n) is 17.0. The maximum Gasteiger partial charge on any atom is 0.361 e. The van der Waals surface area contributed by atoms with Crippen molar-refractivity contribution in [3.05, 3.63) is 21.9 Å². The Bertz CT molecular complexity index is 847. The third kappa shape index (κ3) is 4.23. The molecule has 1 aliphatic rings. The number of fused-ring (bicyclic) bond motifs is 1. The van der Waals surface area contributed by atoms with Crippen LogP contribution in [0.25, 0.3) is 0 Å². The van der Waals surface area contributed by atoms with E-state index in [1.807, 2.05) is 13.8 Å². The van der Waals surface area contributed by atoms with Gasteiger partial charge in [0, 0.05) is 20.4 Å². The summed E-state index contributed by atoms with van der Waals surface area (Å²) in [6.45, 7) is 8.50. The van der Waals surface area contributed by atoms with Gasteiger partial charge in [0.2, 0.25) is 11.7 Å². The Labute approximate surface area is 163 Å². The highest BCUT2D eigenvalue weighted by atomic mass is 16.5. The van der Waals surface area contributed by atoms with Crippen LogP contribution >= 0.6 is 0 Å². The van der Waals surface area contributed by atoms with Gasteiger partial charge in [0.25, 0.3) is 5.56 Å². The molecule has 0 fully saturated rings. The molecule has 0 saturated heterocycles. The molecule has 2 rings (SSSR count). The molecule has 1 aromatic rings. The third-order valence-electron chi connectivity index (χ3n) is 4.55. The Balaban J connectivity index is 2.81. The fourth-order valence-corrected chi connectivity index (χ4v) is 3.85. The summed E-state index contributed by atoms with van der Waals surface area (Å²) < 4.78 is 11.4. The summed E-state index contributed by atoms with van der Waals surface area (Å²) in [5, 5.41) is 2.95. The van der Waals surface area contributed by atoms with Crippen LogP contribution in [0, 0.1) is 5.92 Å². The normalized spacial score (nSPS) is 20.8. The predicted molar refractivity (Wildman–Crippen MR) is 99.9 cm³/mol. The molecule has 28 heavy (non-hydrogen) atoms.